The van der Waals surface area contributed by atoms with Gasteiger partial charge in [-0.15, -0.1) is 0 Å². The summed E-state index contributed by atoms with van der Waals surface area (Å²) in [5.41, 5.74) is 3.05. The normalized spacial score (nSPS) is 18.4. The zero-order valence-corrected chi connectivity index (χ0v) is 24.1. The summed E-state index contributed by atoms with van der Waals surface area (Å²) in [6.45, 7) is 7.76. The van der Waals surface area contributed by atoms with Gasteiger partial charge in [0.25, 0.3) is 5.91 Å². The van der Waals surface area contributed by atoms with E-state index >= 15 is 0 Å². The van der Waals surface area contributed by atoms with Crippen LogP contribution in [0.25, 0.3) is 0 Å². The standard InChI is InChI=1S/C31H43N3O6/c1-21(2)34(30(35)24-10-11-28(38-4)29(16-24)39-13-7-12-37-3)20-26-18-32-17-25(26)19-33-31(36)40-27-14-22-8-5-6-9-23(22)15-27/h5-6,8-11,16,21,25-27,32H,7,12-15,17-20H2,1-4H3,(H,33,36)/t25-,26-/m0/s1. The van der Waals surface area contributed by atoms with E-state index in [1.807, 2.05) is 30.9 Å². The Kier molecular flexibility index (Phi) is 10.7. The summed E-state index contributed by atoms with van der Waals surface area (Å²) >= 11 is 0. The molecule has 1 fully saturated rings. The number of alkyl carbamates (subject to hydrolysis) is 1. The van der Waals surface area contributed by atoms with Gasteiger partial charge in [0.05, 0.1) is 13.7 Å². The largest absolute Gasteiger partial charge is 0.493 e. The molecule has 9 nitrogen and oxygen atoms in total. The van der Waals surface area contributed by atoms with E-state index in [4.69, 9.17) is 18.9 Å². The molecule has 0 spiro atoms. The van der Waals surface area contributed by atoms with Gasteiger partial charge in [0.1, 0.15) is 6.10 Å². The number of ether oxygens (including phenoxy) is 4. The number of hydrogen-bond donors (Lipinski definition) is 2. The highest BCUT2D eigenvalue weighted by atomic mass is 16.6. The maximum Gasteiger partial charge on any atom is 0.407 e. The summed E-state index contributed by atoms with van der Waals surface area (Å²) < 4.78 is 22.1. The number of benzene rings is 2. The van der Waals surface area contributed by atoms with Crippen molar-refractivity contribution in [2.45, 2.75) is 45.3 Å². The summed E-state index contributed by atoms with van der Waals surface area (Å²) in [4.78, 5) is 28.1. The molecule has 2 atom stereocenters. The van der Waals surface area contributed by atoms with Gasteiger partial charge in [-0.05, 0) is 55.0 Å². The zero-order chi connectivity index (χ0) is 28.5. The second-order valence-electron chi connectivity index (χ2n) is 10.9. The monoisotopic (exact) mass is 553 g/mol. The van der Waals surface area contributed by atoms with Crippen LogP contribution < -0.4 is 20.1 Å². The van der Waals surface area contributed by atoms with Gasteiger partial charge < -0.3 is 34.5 Å². The molecule has 218 valence electrons. The maximum absolute atomic E-state index is 13.7. The SMILES string of the molecule is COCCCOc1cc(C(=O)N(C[C@@H]2CNC[C@H]2CNC(=O)OC2Cc3ccccc3C2)C(C)C)ccc1OC. The summed E-state index contributed by atoms with van der Waals surface area (Å²) in [5, 5.41) is 6.41. The fourth-order valence-electron chi connectivity index (χ4n) is 5.50. The molecule has 2 aromatic rings. The summed E-state index contributed by atoms with van der Waals surface area (Å²) in [7, 11) is 3.24. The first-order valence-corrected chi connectivity index (χ1v) is 14.2. The molecule has 9 heteroatoms. The molecule has 2 aliphatic rings. The zero-order valence-electron chi connectivity index (χ0n) is 24.1. The van der Waals surface area contributed by atoms with Crippen LogP contribution in [0, 0.1) is 11.8 Å². The van der Waals surface area contributed by atoms with Crippen LogP contribution in [0.15, 0.2) is 42.5 Å². The molecular weight excluding hydrogens is 510 g/mol. The van der Waals surface area contributed by atoms with Crippen molar-refractivity contribution in [3.8, 4) is 11.5 Å². The number of nitrogens with one attached hydrogen (secondary N) is 2. The van der Waals surface area contributed by atoms with Crippen LogP contribution in [0.1, 0.15) is 41.8 Å². The van der Waals surface area contributed by atoms with Crippen molar-refractivity contribution in [1.82, 2.24) is 15.5 Å². The Hall–Kier alpha value is -3.30. The summed E-state index contributed by atoms with van der Waals surface area (Å²) in [5.74, 6) is 1.47. The van der Waals surface area contributed by atoms with Crippen molar-refractivity contribution in [2.75, 3.05) is 53.6 Å². The average molecular weight is 554 g/mol. The molecule has 1 aliphatic heterocycles. The molecule has 4 rings (SSSR count). The summed E-state index contributed by atoms with van der Waals surface area (Å²) in [6.07, 6.45) is 1.75. The lowest BCUT2D eigenvalue weighted by molar-refractivity contribution is 0.0657. The number of rotatable bonds is 13. The predicted octanol–water partition coefficient (Wildman–Crippen LogP) is 3.69. The third-order valence-electron chi connectivity index (χ3n) is 7.75. The molecule has 0 radical (unpaired) electrons. The van der Waals surface area contributed by atoms with Crippen molar-refractivity contribution < 1.29 is 28.5 Å². The minimum absolute atomic E-state index is 0.00356. The van der Waals surface area contributed by atoms with Crippen molar-refractivity contribution >= 4 is 12.0 Å². The molecular formula is C31H43N3O6. The smallest absolute Gasteiger partial charge is 0.407 e. The van der Waals surface area contributed by atoms with Gasteiger partial charge in [0.15, 0.2) is 11.5 Å². The van der Waals surface area contributed by atoms with Crippen LogP contribution in [-0.4, -0.2) is 82.7 Å². The van der Waals surface area contributed by atoms with Gasteiger partial charge in [-0.2, -0.15) is 0 Å². The van der Waals surface area contributed by atoms with Gasteiger partial charge >= 0.3 is 6.09 Å². The second kappa shape index (κ2) is 14.4. The van der Waals surface area contributed by atoms with Gasteiger partial charge in [-0.1, -0.05) is 24.3 Å². The molecule has 0 unspecified atom stereocenters. The molecule has 1 heterocycles. The van der Waals surface area contributed by atoms with Crippen molar-refractivity contribution in [1.29, 1.82) is 0 Å². The fourth-order valence-corrected chi connectivity index (χ4v) is 5.50. The molecule has 1 saturated heterocycles. The highest BCUT2D eigenvalue weighted by molar-refractivity contribution is 5.95. The Morgan fingerprint density at radius 3 is 2.40 bits per heavy atom. The first kappa shape index (κ1) is 29.7. The van der Waals surface area contributed by atoms with Gasteiger partial charge in [-0.25, -0.2) is 4.79 Å². The Balaban J connectivity index is 1.32. The quantitative estimate of drug-likeness (QED) is 0.365. The Morgan fingerprint density at radius 1 is 1.00 bits per heavy atom. The number of amides is 2. The fraction of sp³-hybridized carbons (Fsp3) is 0.548. The minimum Gasteiger partial charge on any atom is -0.493 e. The first-order chi connectivity index (χ1) is 19.4. The lowest BCUT2D eigenvalue weighted by Gasteiger charge is -2.32. The average Bonchev–Trinajstić information content (AvgIpc) is 3.58. The summed E-state index contributed by atoms with van der Waals surface area (Å²) in [6, 6.07) is 13.5. The van der Waals surface area contributed by atoms with Crippen LogP contribution in [-0.2, 0) is 22.3 Å². The van der Waals surface area contributed by atoms with E-state index in [9.17, 15) is 9.59 Å². The van der Waals surface area contributed by atoms with E-state index in [0.29, 0.717) is 43.4 Å². The predicted molar refractivity (Wildman–Crippen MR) is 153 cm³/mol. The van der Waals surface area contributed by atoms with E-state index in [1.165, 1.54) is 11.1 Å². The molecule has 0 bridgehead atoms. The number of nitrogens with zero attached hydrogens (tertiary/aromatic N) is 1. The number of carbonyl (C=O) groups is 2. The van der Waals surface area contributed by atoms with Crippen molar-refractivity contribution in [3.05, 3.63) is 59.2 Å². The van der Waals surface area contributed by atoms with Gasteiger partial charge in [-0.3, -0.25) is 4.79 Å². The molecule has 2 amide bonds. The van der Waals surface area contributed by atoms with Crippen LogP contribution in [0.5, 0.6) is 11.5 Å². The van der Waals surface area contributed by atoms with E-state index in [2.05, 4.69) is 22.8 Å². The van der Waals surface area contributed by atoms with Crippen molar-refractivity contribution in [2.24, 2.45) is 11.8 Å². The van der Waals surface area contributed by atoms with Gasteiger partial charge in [0.2, 0.25) is 0 Å². The second-order valence-corrected chi connectivity index (χ2v) is 10.9. The van der Waals surface area contributed by atoms with Crippen molar-refractivity contribution in [3.63, 3.8) is 0 Å². The molecule has 0 saturated carbocycles. The Labute approximate surface area is 237 Å². The van der Waals surface area contributed by atoms with Gasteiger partial charge in [0, 0.05) is 70.8 Å². The lowest BCUT2D eigenvalue weighted by Crippen LogP contribution is -2.43. The van der Waals surface area contributed by atoms with E-state index < -0.39 is 0 Å². The molecule has 2 N–H and O–H groups in total. The third kappa shape index (κ3) is 7.67. The number of hydrogen-bond acceptors (Lipinski definition) is 7. The minimum atomic E-state index is -0.378. The molecule has 2 aromatic carbocycles. The van der Waals surface area contributed by atoms with E-state index in [1.54, 1.807) is 32.4 Å². The Bertz CT molecular complexity index is 1110. The lowest BCUT2D eigenvalue weighted by atomic mass is 9.94. The highest BCUT2D eigenvalue weighted by Gasteiger charge is 2.32. The number of methoxy groups -OCH3 is 2. The maximum atomic E-state index is 13.7. The number of carbonyl (C=O) groups excluding carboxylic acids is 2. The first-order valence-electron chi connectivity index (χ1n) is 14.2. The Morgan fingerprint density at radius 2 is 1.73 bits per heavy atom. The highest BCUT2D eigenvalue weighted by Crippen LogP contribution is 2.30. The topological polar surface area (TPSA) is 98.4 Å². The number of fused-ring (bicyclic) bond motifs is 1. The molecule has 40 heavy (non-hydrogen) atoms. The third-order valence-corrected chi connectivity index (χ3v) is 7.75. The van der Waals surface area contributed by atoms with E-state index in [0.717, 1.165) is 32.4 Å². The van der Waals surface area contributed by atoms with Crippen LogP contribution in [0.2, 0.25) is 0 Å². The van der Waals surface area contributed by atoms with Crippen LogP contribution >= 0.6 is 0 Å². The van der Waals surface area contributed by atoms with Crippen LogP contribution in [0.4, 0.5) is 4.79 Å². The molecule has 1 aliphatic carbocycles. The molecule has 0 aromatic heterocycles. The van der Waals surface area contributed by atoms with Crippen LogP contribution in [0.3, 0.4) is 0 Å². The van der Waals surface area contributed by atoms with E-state index in [-0.39, 0.29) is 36.0 Å².